The standard InChI is InChI=1S/C8H9ClN2O2/c1-10-8(12)6-3-5(13-2)4-11-7(6)9/h3-4H,1-2H3,(H,10,12). The second kappa shape index (κ2) is 4.09. The van der Waals surface area contributed by atoms with Crippen LogP contribution < -0.4 is 10.1 Å². The highest BCUT2D eigenvalue weighted by Gasteiger charge is 2.10. The van der Waals surface area contributed by atoms with Gasteiger partial charge in [-0.1, -0.05) is 11.6 Å². The first-order valence-electron chi connectivity index (χ1n) is 3.60. The number of hydrogen-bond acceptors (Lipinski definition) is 3. The molecule has 1 aromatic rings. The van der Waals surface area contributed by atoms with Crippen molar-refractivity contribution in [1.29, 1.82) is 0 Å². The van der Waals surface area contributed by atoms with E-state index < -0.39 is 0 Å². The lowest BCUT2D eigenvalue weighted by Gasteiger charge is -2.04. The molecular weight excluding hydrogens is 192 g/mol. The predicted octanol–water partition coefficient (Wildman–Crippen LogP) is 1.10. The van der Waals surface area contributed by atoms with Crippen LogP contribution in [0.5, 0.6) is 5.75 Å². The van der Waals surface area contributed by atoms with Crippen molar-refractivity contribution in [3.05, 3.63) is 23.0 Å². The van der Waals surface area contributed by atoms with E-state index in [0.717, 1.165) is 0 Å². The first kappa shape index (κ1) is 9.80. The number of pyridine rings is 1. The van der Waals surface area contributed by atoms with Crippen molar-refractivity contribution in [2.75, 3.05) is 14.2 Å². The number of carbonyl (C=O) groups excluding carboxylic acids is 1. The van der Waals surface area contributed by atoms with E-state index in [-0.39, 0.29) is 11.1 Å². The Hall–Kier alpha value is -1.29. The summed E-state index contributed by atoms with van der Waals surface area (Å²) in [5.74, 6) is 0.222. The van der Waals surface area contributed by atoms with Crippen LogP contribution in [0.15, 0.2) is 12.3 Å². The molecule has 0 spiro atoms. The van der Waals surface area contributed by atoms with Crippen LogP contribution in [-0.4, -0.2) is 25.0 Å². The molecule has 0 atom stereocenters. The zero-order valence-electron chi connectivity index (χ0n) is 7.30. The quantitative estimate of drug-likeness (QED) is 0.728. The van der Waals surface area contributed by atoms with Gasteiger partial charge in [0.25, 0.3) is 5.91 Å². The zero-order chi connectivity index (χ0) is 9.84. The van der Waals surface area contributed by atoms with Crippen molar-refractivity contribution >= 4 is 17.5 Å². The normalized spacial score (nSPS) is 9.46. The van der Waals surface area contributed by atoms with Gasteiger partial charge >= 0.3 is 0 Å². The number of amides is 1. The van der Waals surface area contributed by atoms with Crippen LogP contribution in [0.2, 0.25) is 5.15 Å². The lowest BCUT2D eigenvalue weighted by molar-refractivity contribution is 0.0962. The number of nitrogens with one attached hydrogen (secondary N) is 1. The molecule has 4 nitrogen and oxygen atoms in total. The molecule has 1 heterocycles. The number of carbonyl (C=O) groups is 1. The molecular formula is C8H9ClN2O2. The number of hydrogen-bond donors (Lipinski definition) is 1. The Bertz CT molecular complexity index is 328. The fourth-order valence-corrected chi connectivity index (χ4v) is 1.02. The number of halogens is 1. The maximum atomic E-state index is 11.2. The summed E-state index contributed by atoms with van der Waals surface area (Å²) < 4.78 is 4.90. The number of aromatic nitrogens is 1. The van der Waals surface area contributed by atoms with Gasteiger partial charge in [-0.25, -0.2) is 4.98 Å². The highest BCUT2D eigenvalue weighted by Crippen LogP contribution is 2.18. The van der Waals surface area contributed by atoms with Crippen LogP contribution in [0.3, 0.4) is 0 Å². The van der Waals surface area contributed by atoms with Crippen molar-refractivity contribution in [2.45, 2.75) is 0 Å². The molecule has 0 aromatic carbocycles. The molecule has 0 unspecified atom stereocenters. The molecule has 1 aromatic heterocycles. The van der Waals surface area contributed by atoms with Crippen LogP contribution in [0.4, 0.5) is 0 Å². The molecule has 0 saturated heterocycles. The summed E-state index contributed by atoms with van der Waals surface area (Å²) >= 11 is 5.70. The molecule has 0 radical (unpaired) electrons. The van der Waals surface area contributed by atoms with Gasteiger partial charge in [-0.3, -0.25) is 4.79 Å². The first-order valence-corrected chi connectivity index (χ1v) is 3.98. The van der Waals surface area contributed by atoms with E-state index in [1.54, 1.807) is 0 Å². The van der Waals surface area contributed by atoms with E-state index >= 15 is 0 Å². The summed E-state index contributed by atoms with van der Waals surface area (Å²) in [4.78, 5) is 15.0. The van der Waals surface area contributed by atoms with Crippen molar-refractivity contribution in [2.24, 2.45) is 0 Å². The van der Waals surface area contributed by atoms with Crippen LogP contribution in [0, 0.1) is 0 Å². The van der Waals surface area contributed by atoms with Crippen molar-refractivity contribution in [3.8, 4) is 5.75 Å². The lowest BCUT2D eigenvalue weighted by Crippen LogP contribution is -2.18. The summed E-state index contributed by atoms with van der Waals surface area (Å²) in [6.07, 6.45) is 1.45. The minimum atomic E-state index is -0.281. The number of ether oxygens (including phenoxy) is 1. The molecule has 1 rings (SSSR count). The maximum absolute atomic E-state index is 11.2. The van der Waals surface area contributed by atoms with E-state index in [9.17, 15) is 4.79 Å². The van der Waals surface area contributed by atoms with Gasteiger partial charge in [-0.2, -0.15) is 0 Å². The smallest absolute Gasteiger partial charge is 0.254 e. The second-order valence-corrected chi connectivity index (χ2v) is 2.65. The minimum absolute atomic E-state index is 0.167. The third-order valence-corrected chi connectivity index (χ3v) is 1.82. The highest BCUT2D eigenvalue weighted by atomic mass is 35.5. The highest BCUT2D eigenvalue weighted by molar-refractivity contribution is 6.32. The molecule has 70 valence electrons. The van der Waals surface area contributed by atoms with Gasteiger partial charge in [0.15, 0.2) is 0 Å². The molecule has 1 N–H and O–H groups in total. The van der Waals surface area contributed by atoms with Gasteiger partial charge in [0.2, 0.25) is 0 Å². The summed E-state index contributed by atoms with van der Waals surface area (Å²) in [5.41, 5.74) is 0.309. The second-order valence-electron chi connectivity index (χ2n) is 2.29. The van der Waals surface area contributed by atoms with E-state index in [2.05, 4.69) is 10.3 Å². The lowest BCUT2D eigenvalue weighted by atomic mass is 10.2. The largest absolute Gasteiger partial charge is 0.495 e. The Kier molecular flexibility index (Phi) is 3.08. The van der Waals surface area contributed by atoms with E-state index in [1.807, 2.05) is 0 Å². The summed E-state index contributed by atoms with van der Waals surface area (Å²) in [5, 5.41) is 2.62. The molecule has 5 heteroatoms. The molecule has 0 bridgehead atoms. The van der Waals surface area contributed by atoms with Crippen molar-refractivity contribution < 1.29 is 9.53 Å². The third-order valence-electron chi connectivity index (χ3n) is 1.52. The van der Waals surface area contributed by atoms with Crippen LogP contribution in [0.25, 0.3) is 0 Å². The van der Waals surface area contributed by atoms with Crippen molar-refractivity contribution in [1.82, 2.24) is 10.3 Å². The predicted molar refractivity (Wildman–Crippen MR) is 49.2 cm³/mol. The number of rotatable bonds is 2. The third kappa shape index (κ3) is 2.09. The van der Waals surface area contributed by atoms with Gasteiger partial charge in [0, 0.05) is 7.05 Å². The molecule has 0 saturated carbocycles. The van der Waals surface area contributed by atoms with Crippen LogP contribution >= 0.6 is 11.6 Å². The summed E-state index contributed by atoms with van der Waals surface area (Å²) in [6.45, 7) is 0. The van der Waals surface area contributed by atoms with Gasteiger partial charge in [0.1, 0.15) is 10.9 Å². The average molecular weight is 201 g/mol. The average Bonchev–Trinajstić information content (AvgIpc) is 2.17. The summed E-state index contributed by atoms with van der Waals surface area (Å²) in [7, 11) is 3.02. The Labute approximate surface area is 80.9 Å². The van der Waals surface area contributed by atoms with Gasteiger partial charge in [-0.05, 0) is 6.07 Å². The SMILES string of the molecule is CNC(=O)c1cc(OC)cnc1Cl. The molecule has 1 amide bonds. The number of nitrogens with zero attached hydrogens (tertiary/aromatic N) is 1. The van der Waals surface area contributed by atoms with Gasteiger partial charge < -0.3 is 10.1 Å². The molecule has 13 heavy (non-hydrogen) atoms. The Morgan fingerprint density at radius 1 is 1.69 bits per heavy atom. The minimum Gasteiger partial charge on any atom is -0.495 e. The molecule has 0 aliphatic carbocycles. The maximum Gasteiger partial charge on any atom is 0.254 e. The fraction of sp³-hybridized carbons (Fsp3) is 0.250. The summed E-state index contributed by atoms with van der Waals surface area (Å²) in [6, 6.07) is 1.54. The van der Waals surface area contributed by atoms with E-state index in [0.29, 0.717) is 11.3 Å². The van der Waals surface area contributed by atoms with Crippen LogP contribution in [0.1, 0.15) is 10.4 Å². The van der Waals surface area contributed by atoms with Crippen LogP contribution in [-0.2, 0) is 0 Å². The molecule has 0 fully saturated rings. The zero-order valence-corrected chi connectivity index (χ0v) is 8.05. The van der Waals surface area contributed by atoms with E-state index in [1.165, 1.54) is 26.4 Å². The Morgan fingerprint density at radius 2 is 2.38 bits per heavy atom. The topological polar surface area (TPSA) is 51.2 Å². The Morgan fingerprint density at radius 3 is 2.92 bits per heavy atom. The van der Waals surface area contributed by atoms with E-state index in [4.69, 9.17) is 16.3 Å². The number of methoxy groups -OCH3 is 1. The Balaban J connectivity index is 3.11. The van der Waals surface area contributed by atoms with Gasteiger partial charge in [-0.15, -0.1) is 0 Å². The van der Waals surface area contributed by atoms with Gasteiger partial charge in [0.05, 0.1) is 18.9 Å². The van der Waals surface area contributed by atoms with Crippen molar-refractivity contribution in [3.63, 3.8) is 0 Å². The monoisotopic (exact) mass is 200 g/mol. The first-order chi connectivity index (χ1) is 6.19. The molecule has 0 aliphatic heterocycles. The fourth-order valence-electron chi connectivity index (χ4n) is 0.834. The molecule has 0 aliphatic rings.